The summed E-state index contributed by atoms with van der Waals surface area (Å²) in [5.74, 6) is 0. The number of amides is 3. The summed E-state index contributed by atoms with van der Waals surface area (Å²) in [5.41, 5.74) is 1.21. The molecule has 1 aromatic carbocycles. The van der Waals surface area contributed by atoms with Crippen LogP contribution in [0.2, 0.25) is 0 Å². The predicted octanol–water partition coefficient (Wildman–Crippen LogP) is 1.38. The van der Waals surface area contributed by atoms with Crippen molar-refractivity contribution in [2.45, 2.75) is 13.8 Å². The smallest absolute Gasteiger partial charge is 0.414 e. The van der Waals surface area contributed by atoms with Gasteiger partial charge in [-0.1, -0.05) is 19.9 Å². The molecule has 2 heterocycles. The Labute approximate surface area is 171 Å². The monoisotopic (exact) mass is 425 g/mol. The lowest BCUT2D eigenvalue weighted by Crippen LogP contribution is -2.54. The third-order valence-corrected chi connectivity index (χ3v) is 7.24. The summed E-state index contributed by atoms with van der Waals surface area (Å²) in [4.78, 5) is 27.4. The third kappa shape index (κ3) is 4.62. The summed E-state index contributed by atoms with van der Waals surface area (Å²) >= 11 is 0. The summed E-state index contributed by atoms with van der Waals surface area (Å²) in [7, 11) is -3.49. The van der Waals surface area contributed by atoms with E-state index in [0.29, 0.717) is 50.7 Å². The Balaban J connectivity index is 1.58. The Kier molecular flexibility index (Phi) is 6.60. The number of rotatable bonds is 6. The molecule has 11 heteroatoms. The van der Waals surface area contributed by atoms with E-state index in [9.17, 15) is 18.0 Å². The van der Waals surface area contributed by atoms with Gasteiger partial charge in [-0.15, -0.1) is 0 Å². The van der Waals surface area contributed by atoms with Gasteiger partial charge in [-0.2, -0.15) is 17.0 Å². The second kappa shape index (κ2) is 8.97. The first-order valence-corrected chi connectivity index (χ1v) is 11.1. The zero-order valence-electron chi connectivity index (χ0n) is 16.7. The number of ether oxygens (including phenoxy) is 1. The van der Waals surface area contributed by atoms with E-state index in [1.165, 1.54) is 13.5 Å². The fourth-order valence-electron chi connectivity index (χ4n) is 3.42. The van der Waals surface area contributed by atoms with Crippen LogP contribution in [0.3, 0.4) is 0 Å². The lowest BCUT2D eigenvalue weighted by molar-refractivity contribution is 0.180. The highest BCUT2D eigenvalue weighted by Gasteiger charge is 2.32. The molecule has 29 heavy (non-hydrogen) atoms. The number of cyclic esters (lactones) is 1. The minimum absolute atomic E-state index is 0.256. The van der Waals surface area contributed by atoms with Crippen molar-refractivity contribution in [3.05, 3.63) is 24.3 Å². The molecule has 3 amide bonds. The van der Waals surface area contributed by atoms with Crippen molar-refractivity contribution in [1.29, 1.82) is 0 Å². The van der Waals surface area contributed by atoms with Crippen LogP contribution in [0, 0.1) is 0 Å². The maximum atomic E-state index is 12.6. The number of hydrogen-bond acceptors (Lipinski definition) is 5. The molecule has 1 aromatic rings. The normalized spacial score (nSPS) is 18.2. The van der Waals surface area contributed by atoms with Gasteiger partial charge in [0.15, 0.2) is 0 Å². The van der Waals surface area contributed by atoms with Gasteiger partial charge >= 0.3 is 12.1 Å². The molecule has 0 radical (unpaired) electrons. The van der Waals surface area contributed by atoms with E-state index >= 15 is 0 Å². The summed E-state index contributed by atoms with van der Waals surface area (Å²) < 4.78 is 33.0. The highest BCUT2D eigenvalue weighted by Crippen LogP contribution is 2.23. The molecule has 0 aliphatic carbocycles. The number of hydrogen-bond donors (Lipinski definition) is 1. The van der Waals surface area contributed by atoms with Crippen LogP contribution >= 0.6 is 0 Å². The van der Waals surface area contributed by atoms with Crippen molar-refractivity contribution in [3.63, 3.8) is 0 Å². The second-order valence-electron chi connectivity index (χ2n) is 6.72. The largest absolute Gasteiger partial charge is 0.447 e. The summed E-state index contributed by atoms with van der Waals surface area (Å²) in [6.07, 6.45) is -0.404. The Morgan fingerprint density at radius 2 is 1.83 bits per heavy atom. The molecule has 0 saturated carbocycles. The molecule has 0 aromatic heterocycles. The third-order valence-electron chi connectivity index (χ3n) is 5.05. The molecule has 0 spiro atoms. The van der Waals surface area contributed by atoms with E-state index in [1.807, 2.05) is 0 Å². The van der Waals surface area contributed by atoms with Crippen LogP contribution in [0.5, 0.6) is 0 Å². The van der Waals surface area contributed by atoms with E-state index in [1.54, 1.807) is 43.0 Å². The molecule has 0 atom stereocenters. The van der Waals surface area contributed by atoms with Gasteiger partial charge in [0.2, 0.25) is 0 Å². The number of urea groups is 1. The first-order valence-electron chi connectivity index (χ1n) is 9.72. The minimum Gasteiger partial charge on any atom is -0.447 e. The molecule has 2 saturated heterocycles. The van der Waals surface area contributed by atoms with Crippen LogP contribution in [0.25, 0.3) is 0 Å². The maximum absolute atomic E-state index is 12.6. The van der Waals surface area contributed by atoms with Crippen molar-refractivity contribution < 1.29 is 22.7 Å². The number of carbonyl (C=O) groups excluding carboxylic acids is 2. The Morgan fingerprint density at radius 3 is 2.41 bits per heavy atom. The number of nitrogens with one attached hydrogen (secondary N) is 1. The van der Waals surface area contributed by atoms with Gasteiger partial charge in [0, 0.05) is 50.6 Å². The van der Waals surface area contributed by atoms with Crippen LogP contribution in [0.4, 0.5) is 21.0 Å². The zero-order chi connectivity index (χ0) is 21.0. The zero-order valence-corrected chi connectivity index (χ0v) is 17.5. The lowest BCUT2D eigenvalue weighted by atomic mass is 10.2. The summed E-state index contributed by atoms with van der Waals surface area (Å²) in [6, 6.07) is 6.69. The van der Waals surface area contributed by atoms with Gasteiger partial charge in [0.25, 0.3) is 10.2 Å². The van der Waals surface area contributed by atoms with Gasteiger partial charge in [0.05, 0.1) is 6.54 Å². The number of benzene rings is 1. The van der Waals surface area contributed by atoms with Crippen LogP contribution in [-0.4, -0.2) is 86.5 Å². The molecular weight excluding hydrogens is 398 g/mol. The van der Waals surface area contributed by atoms with Gasteiger partial charge in [-0.3, -0.25) is 4.90 Å². The maximum Gasteiger partial charge on any atom is 0.414 e. The van der Waals surface area contributed by atoms with E-state index in [0.717, 1.165) is 0 Å². The highest BCUT2D eigenvalue weighted by molar-refractivity contribution is 7.86. The number of carbonyl (C=O) groups is 2. The van der Waals surface area contributed by atoms with E-state index in [4.69, 9.17) is 4.74 Å². The molecule has 1 N–H and O–H groups in total. The SMILES string of the molecule is CCN(CC)S(=O)(=O)N1CCN(C(=O)Nc2cccc(N3CCOC3=O)c2)CC1. The van der Waals surface area contributed by atoms with Crippen LogP contribution in [0.15, 0.2) is 24.3 Å². The fourth-order valence-corrected chi connectivity index (χ4v) is 5.02. The van der Waals surface area contributed by atoms with Crippen LogP contribution in [0.1, 0.15) is 13.8 Å². The topological polar surface area (TPSA) is 102 Å². The molecule has 2 aliphatic heterocycles. The average molecular weight is 426 g/mol. The summed E-state index contributed by atoms with van der Waals surface area (Å²) in [6.45, 7) is 6.39. The molecule has 0 bridgehead atoms. The Bertz CT molecular complexity index is 850. The lowest BCUT2D eigenvalue weighted by Gasteiger charge is -2.36. The molecule has 0 unspecified atom stereocenters. The number of anilines is 2. The number of piperazine rings is 1. The molecule has 2 fully saturated rings. The van der Waals surface area contributed by atoms with Gasteiger partial charge in [0.1, 0.15) is 6.61 Å². The molecule has 2 aliphatic rings. The van der Waals surface area contributed by atoms with Crippen molar-refractivity contribution in [2.75, 3.05) is 62.6 Å². The Morgan fingerprint density at radius 1 is 1.14 bits per heavy atom. The van der Waals surface area contributed by atoms with Gasteiger partial charge < -0.3 is 15.0 Å². The number of nitrogens with zero attached hydrogens (tertiary/aromatic N) is 4. The summed E-state index contributed by atoms with van der Waals surface area (Å²) in [5, 5.41) is 2.82. The fraction of sp³-hybridized carbons (Fsp3) is 0.556. The minimum atomic E-state index is -3.49. The van der Waals surface area contributed by atoms with Gasteiger partial charge in [-0.05, 0) is 18.2 Å². The quantitative estimate of drug-likeness (QED) is 0.742. The van der Waals surface area contributed by atoms with E-state index < -0.39 is 16.3 Å². The van der Waals surface area contributed by atoms with Gasteiger partial charge in [-0.25, -0.2) is 9.59 Å². The average Bonchev–Trinajstić information content (AvgIpc) is 3.15. The molecule has 160 valence electrons. The second-order valence-corrected chi connectivity index (χ2v) is 8.65. The first-order chi connectivity index (χ1) is 13.9. The van der Waals surface area contributed by atoms with Crippen molar-refractivity contribution in [3.8, 4) is 0 Å². The standard InChI is InChI=1S/C18H27N5O5S/c1-3-21(4-2)29(26,27)22-10-8-20(9-11-22)17(24)19-15-6-5-7-16(14-15)23-12-13-28-18(23)25/h5-7,14H,3-4,8-13H2,1-2H3,(H,19,24). The molecular formula is C18H27N5O5S. The molecule has 10 nitrogen and oxygen atoms in total. The predicted molar refractivity (Wildman–Crippen MR) is 109 cm³/mol. The van der Waals surface area contributed by atoms with E-state index in [2.05, 4.69) is 5.32 Å². The van der Waals surface area contributed by atoms with Crippen molar-refractivity contribution >= 4 is 33.7 Å². The first kappa shape index (κ1) is 21.3. The van der Waals surface area contributed by atoms with Crippen molar-refractivity contribution in [2.24, 2.45) is 0 Å². The van der Waals surface area contributed by atoms with E-state index in [-0.39, 0.29) is 19.1 Å². The van der Waals surface area contributed by atoms with Crippen molar-refractivity contribution in [1.82, 2.24) is 13.5 Å². The molecule has 3 rings (SSSR count). The Hall–Kier alpha value is -2.37. The highest BCUT2D eigenvalue weighted by atomic mass is 32.2. The van der Waals surface area contributed by atoms with Crippen LogP contribution in [-0.2, 0) is 14.9 Å². The van der Waals surface area contributed by atoms with Crippen LogP contribution < -0.4 is 10.2 Å².